The summed E-state index contributed by atoms with van der Waals surface area (Å²) in [4.78, 5) is 19.1. The maximum Gasteiger partial charge on any atom is 0.416 e. The monoisotopic (exact) mass is 377 g/mol. The highest BCUT2D eigenvalue weighted by Crippen LogP contribution is 2.32. The molecule has 1 heterocycles. The summed E-state index contributed by atoms with van der Waals surface area (Å²) in [5, 5.41) is 11.0. The molecule has 3 rings (SSSR count). The lowest BCUT2D eigenvalue weighted by molar-refractivity contribution is -0.384. The summed E-state index contributed by atoms with van der Waals surface area (Å²) in [6, 6.07) is 10.8. The molecule has 0 N–H and O–H groups in total. The summed E-state index contributed by atoms with van der Waals surface area (Å²) >= 11 is 1.23. The van der Waals surface area contributed by atoms with Crippen molar-refractivity contribution >= 4 is 28.4 Å². The zero-order valence-electron chi connectivity index (χ0n) is 13.0. The topological polar surface area (TPSA) is 68.4 Å². The molecule has 2 aromatic carbocycles. The number of hydrogen-bond donors (Lipinski definition) is 0. The van der Waals surface area contributed by atoms with E-state index in [0.29, 0.717) is 10.7 Å². The Labute approximate surface area is 149 Å². The van der Waals surface area contributed by atoms with Crippen LogP contribution in [0.1, 0.15) is 11.1 Å². The first-order valence-electron chi connectivity index (χ1n) is 7.25. The smallest absolute Gasteiger partial charge is 0.258 e. The number of nitrogens with zero attached hydrogens (tertiary/aromatic N) is 3. The number of thiazole rings is 1. The number of hydrogen-bond acceptors (Lipinski definition) is 5. The van der Waals surface area contributed by atoms with Gasteiger partial charge < -0.3 is 0 Å². The van der Waals surface area contributed by atoms with Crippen molar-refractivity contribution in [3.05, 3.63) is 76.0 Å². The third kappa shape index (κ3) is 4.12. The largest absolute Gasteiger partial charge is 0.416 e. The van der Waals surface area contributed by atoms with Crippen molar-refractivity contribution < 1.29 is 18.1 Å². The molecule has 1 aromatic heterocycles. The summed E-state index contributed by atoms with van der Waals surface area (Å²) in [6.07, 6.45) is -1.54. The van der Waals surface area contributed by atoms with Gasteiger partial charge in [-0.3, -0.25) is 10.1 Å². The molecule has 0 aliphatic heterocycles. The van der Waals surface area contributed by atoms with E-state index in [9.17, 15) is 23.3 Å². The number of halogens is 3. The standard InChI is InChI=1S/C17H10F3N3O2S/c18-17(19,20)13-3-1-2-11(8-13)9-21-16-22-10-15(26-16)12-4-6-14(7-5-12)23(24)25/h1-10H/b21-9+. The highest BCUT2D eigenvalue weighted by Gasteiger charge is 2.30. The Bertz CT molecular complexity index is 966. The van der Waals surface area contributed by atoms with Gasteiger partial charge in [-0.1, -0.05) is 23.5 Å². The van der Waals surface area contributed by atoms with Crippen LogP contribution in [-0.2, 0) is 6.18 Å². The molecule has 0 aliphatic carbocycles. The van der Waals surface area contributed by atoms with Crippen molar-refractivity contribution in [1.29, 1.82) is 0 Å². The molecule has 0 atom stereocenters. The lowest BCUT2D eigenvalue weighted by Gasteiger charge is -2.06. The van der Waals surface area contributed by atoms with Crippen LogP contribution in [0.5, 0.6) is 0 Å². The van der Waals surface area contributed by atoms with Gasteiger partial charge in [0.25, 0.3) is 5.69 Å². The van der Waals surface area contributed by atoms with Crippen LogP contribution in [0.4, 0.5) is 24.0 Å². The summed E-state index contributed by atoms with van der Waals surface area (Å²) in [6.45, 7) is 0. The quantitative estimate of drug-likeness (QED) is 0.343. The zero-order valence-corrected chi connectivity index (χ0v) is 13.8. The molecule has 0 radical (unpaired) electrons. The van der Waals surface area contributed by atoms with Crippen LogP contribution >= 0.6 is 11.3 Å². The Balaban J connectivity index is 1.78. The molecule has 9 heteroatoms. The molecule has 0 saturated carbocycles. The fraction of sp³-hybridized carbons (Fsp3) is 0.0588. The van der Waals surface area contributed by atoms with Crippen molar-refractivity contribution in [2.75, 3.05) is 0 Å². The average molecular weight is 377 g/mol. The van der Waals surface area contributed by atoms with Crippen LogP contribution in [0.15, 0.2) is 59.7 Å². The maximum absolute atomic E-state index is 12.7. The van der Waals surface area contributed by atoms with Crippen molar-refractivity contribution in [3.63, 3.8) is 0 Å². The normalized spacial score (nSPS) is 11.8. The highest BCUT2D eigenvalue weighted by molar-refractivity contribution is 7.18. The SMILES string of the molecule is O=[N+]([O-])c1ccc(-c2cnc(/N=C/c3cccc(C(F)(F)F)c3)s2)cc1. The van der Waals surface area contributed by atoms with E-state index >= 15 is 0 Å². The Morgan fingerprint density at radius 1 is 1.15 bits per heavy atom. The average Bonchev–Trinajstić information content (AvgIpc) is 3.08. The van der Waals surface area contributed by atoms with E-state index in [4.69, 9.17) is 0 Å². The fourth-order valence-electron chi connectivity index (χ4n) is 2.13. The third-order valence-electron chi connectivity index (χ3n) is 3.39. The van der Waals surface area contributed by atoms with Crippen LogP contribution in [0.2, 0.25) is 0 Å². The van der Waals surface area contributed by atoms with E-state index < -0.39 is 16.7 Å². The number of aromatic nitrogens is 1. The Morgan fingerprint density at radius 3 is 2.54 bits per heavy atom. The van der Waals surface area contributed by atoms with Gasteiger partial charge in [0.1, 0.15) is 0 Å². The van der Waals surface area contributed by atoms with E-state index in [2.05, 4.69) is 9.98 Å². The molecule has 3 aromatic rings. The van der Waals surface area contributed by atoms with E-state index in [1.54, 1.807) is 18.3 Å². The Kier molecular flexibility index (Phi) is 4.81. The number of aliphatic imine (C=N–C) groups is 1. The van der Waals surface area contributed by atoms with Crippen molar-refractivity contribution in [1.82, 2.24) is 4.98 Å². The van der Waals surface area contributed by atoms with Gasteiger partial charge in [0, 0.05) is 24.5 Å². The van der Waals surface area contributed by atoms with Crippen molar-refractivity contribution in [2.24, 2.45) is 4.99 Å². The minimum atomic E-state index is -4.41. The van der Waals surface area contributed by atoms with Crippen LogP contribution in [-0.4, -0.2) is 16.1 Å². The molecule has 132 valence electrons. The second kappa shape index (κ2) is 7.04. The molecule has 26 heavy (non-hydrogen) atoms. The van der Waals surface area contributed by atoms with Crippen LogP contribution in [0.3, 0.4) is 0 Å². The molecular weight excluding hydrogens is 367 g/mol. The lowest BCUT2D eigenvalue weighted by Crippen LogP contribution is -2.04. The van der Waals surface area contributed by atoms with Gasteiger partial charge in [0.15, 0.2) is 0 Å². The molecular formula is C17H10F3N3O2S. The predicted octanol–water partition coefficient (Wildman–Crippen LogP) is 5.49. The molecule has 0 saturated heterocycles. The first-order chi connectivity index (χ1) is 12.3. The zero-order chi connectivity index (χ0) is 18.7. The van der Waals surface area contributed by atoms with Gasteiger partial charge >= 0.3 is 6.18 Å². The van der Waals surface area contributed by atoms with Gasteiger partial charge in [-0.15, -0.1) is 0 Å². The number of nitro benzene ring substituents is 1. The minimum absolute atomic E-state index is 0.0129. The van der Waals surface area contributed by atoms with Crippen LogP contribution in [0.25, 0.3) is 10.4 Å². The molecule has 0 aliphatic rings. The van der Waals surface area contributed by atoms with Gasteiger partial charge in [-0.2, -0.15) is 13.2 Å². The summed E-state index contributed by atoms with van der Waals surface area (Å²) in [7, 11) is 0. The lowest BCUT2D eigenvalue weighted by atomic mass is 10.1. The molecule has 0 amide bonds. The summed E-state index contributed by atoms with van der Waals surface area (Å²) < 4.78 is 38.1. The molecule has 0 unspecified atom stereocenters. The highest BCUT2D eigenvalue weighted by atomic mass is 32.1. The number of nitro groups is 1. The van der Waals surface area contributed by atoms with E-state index in [1.165, 1.54) is 41.8 Å². The summed E-state index contributed by atoms with van der Waals surface area (Å²) in [5.41, 5.74) is 0.300. The molecule has 0 bridgehead atoms. The van der Waals surface area contributed by atoms with Crippen LogP contribution < -0.4 is 0 Å². The van der Waals surface area contributed by atoms with E-state index in [1.807, 2.05) is 0 Å². The van der Waals surface area contributed by atoms with Crippen LogP contribution in [0, 0.1) is 10.1 Å². The second-order valence-electron chi connectivity index (χ2n) is 5.19. The Morgan fingerprint density at radius 2 is 1.88 bits per heavy atom. The van der Waals surface area contributed by atoms with E-state index in [-0.39, 0.29) is 5.69 Å². The Hall–Kier alpha value is -3.07. The minimum Gasteiger partial charge on any atom is -0.258 e. The van der Waals surface area contributed by atoms with Crippen molar-refractivity contribution in [2.45, 2.75) is 6.18 Å². The fourth-order valence-corrected chi connectivity index (χ4v) is 2.90. The number of non-ortho nitro benzene ring substituents is 1. The molecule has 0 spiro atoms. The number of rotatable bonds is 4. The molecule has 0 fully saturated rings. The van der Waals surface area contributed by atoms with Gasteiger partial charge in [0.2, 0.25) is 5.13 Å². The first-order valence-corrected chi connectivity index (χ1v) is 8.06. The summed E-state index contributed by atoms with van der Waals surface area (Å²) in [5.74, 6) is 0. The third-order valence-corrected chi connectivity index (χ3v) is 4.35. The van der Waals surface area contributed by atoms with Gasteiger partial charge in [0.05, 0.1) is 15.4 Å². The first kappa shape index (κ1) is 17.7. The number of benzene rings is 2. The molecule has 5 nitrogen and oxygen atoms in total. The van der Waals surface area contributed by atoms with Gasteiger partial charge in [-0.25, -0.2) is 9.98 Å². The van der Waals surface area contributed by atoms with Gasteiger partial charge in [-0.05, 0) is 35.4 Å². The van der Waals surface area contributed by atoms with Crippen molar-refractivity contribution in [3.8, 4) is 10.4 Å². The maximum atomic E-state index is 12.7. The van der Waals surface area contributed by atoms with E-state index in [0.717, 1.165) is 22.6 Å². The predicted molar refractivity (Wildman–Crippen MR) is 92.9 cm³/mol. The second-order valence-corrected chi connectivity index (χ2v) is 6.20. The number of alkyl halides is 3.